The highest BCUT2D eigenvalue weighted by Crippen LogP contribution is 2.19. The van der Waals surface area contributed by atoms with Crippen LogP contribution in [0.5, 0.6) is 0 Å². The Morgan fingerprint density at radius 1 is 1.30 bits per heavy atom. The molecule has 2 aromatic rings. The van der Waals surface area contributed by atoms with Crippen molar-refractivity contribution in [3.05, 3.63) is 59.8 Å². The Bertz CT molecular complexity index is 595. The van der Waals surface area contributed by atoms with Crippen molar-refractivity contribution in [2.45, 2.75) is 13.3 Å². The molecule has 104 valence electrons. The van der Waals surface area contributed by atoms with Crippen molar-refractivity contribution < 1.29 is 4.79 Å². The van der Waals surface area contributed by atoms with Crippen LogP contribution in [-0.4, -0.2) is 34.7 Å². The minimum absolute atomic E-state index is 0.104. The van der Waals surface area contributed by atoms with Gasteiger partial charge in [0.2, 0.25) is 5.78 Å². The summed E-state index contributed by atoms with van der Waals surface area (Å²) in [6.07, 6.45) is 6.05. The van der Waals surface area contributed by atoms with Gasteiger partial charge in [-0.25, -0.2) is 4.98 Å². The smallest absolute Gasteiger partial charge is 0.230 e. The lowest BCUT2D eigenvalue weighted by atomic mass is 10.00. The lowest BCUT2D eigenvalue weighted by Crippen LogP contribution is -2.10. The number of carbonyl (C=O) groups is 1. The van der Waals surface area contributed by atoms with E-state index in [1.807, 2.05) is 49.5 Å². The standard InChI is InChI=1S/C16H19N3O/c1-4-12-5-7-13(8-6-12)14(11-19(2)3)15(20)16-17-9-10-18-16/h5-11H,4H2,1-3H3,(H,17,18). The second kappa shape index (κ2) is 6.19. The monoisotopic (exact) mass is 269 g/mol. The van der Waals surface area contributed by atoms with Gasteiger partial charge in [-0.1, -0.05) is 31.2 Å². The predicted molar refractivity (Wildman–Crippen MR) is 80.4 cm³/mol. The third kappa shape index (κ3) is 3.15. The van der Waals surface area contributed by atoms with E-state index in [2.05, 4.69) is 16.9 Å². The molecule has 0 bridgehead atoms. The van der Waals surface area contributed by atoms with Crippen molar-refractivity contribution in [2.75, 3.05) is 14.1 Å². The molecule has 0 radical (unpaired) electrons. The van der Waals surface area contributed by atoms with Crippen LogP contribution in [-0.2, 0) is 6.42 Å². The molecular weight excluding hydrogens is 250 g/mol. The van der Waals surface area contributed by atoms with Gasteiger partial charge in [-0.2, -0.15) is 0 Å². The molecule has 1 aromatic heterocycles. The van der Waals surface area contributed by atoms with Gasteiger partial charge in [0.1, 0.15) is 0 Å². The Kier molecular flexibility index (Phi) is 4.35. The topological polar surface area (TPSA) is 49.0 Å². The van der Waals surface area contributed by atoms with Crippen LogP contribution < -0.4 is 0 Å². The molecule has 0 amide bonds. The third-order valence-corrected chi connectivity index (χ3v) is 3.02. The van der Waals surface area contributed by atoms with Gasteiger partial charge in [-0.3, -0.25) is 4.79 Å². The van der Waals surface area contributed by atoms with Crippen molar-refractivity contribution in [1.82, 2.24) is 14.9 Å². The fourth-order valence-electron chi connectivity index (χ4n) is 1.96. The fraction of sp³-hybridized carbons (Fsp3) is 0.250. The van der Waals surface area contributed by atoms with E-state index >= 15 is 0 Å². The molecule has 0 aliphatic carbocycles. The number of benzene rings is 1. The van der Waals surface area contributed by atoms with Gasteiger partial charge < -0.3 is 9.88 Å². The number of imidazole rings is 1. The molecule has 1 N–H and O–H groups in total. The molecule has 4 heteroatoms. The number of hydrogen-bond donors (Lipinski definition) is 1. The number of nitrogens with one attached hydrogen (secondary N) is 1. The Morgan fingerprint density at radius 2 is 2.00 bits per heavy atom. The van der Waals surface area contributed by atoms with Gasteiger partial charge in [-0.15, -0.1) is 0 Å². The largest absolute Gasteiger partial charge is 0.383 e. The van der Waals surface area contributed by atoms with Crippen LogP contribution in [0.15, 0.2) is 42.9 Å². The first-order chi connectivity index (χ1) is 9.61. The van der Waals surface area contributed by atoms with E-state index < -0.39 is 0 Å². The van der Waals surface area contributed by atoms with Gasteiger partial charge in [0.15, 0.2) is 5.82 Å². The van der Waals surface area contributed by atoms with Crippen LogP contribution in [0.4, 0.5) is 0 Å². The normalized spacial score (nSPS) is 11.4. The maximum atomic E-state index is 12.5. The van der Waals surface area contributed by atoms with Gasteiger partial charge >= 0.3 is 0 Å². The van der Waals surface area contributed by atoms with Crippen LogP contribution in [0.2, 0.25) is 0 Å². The Hall–Kier alpha value is -2.36. The SMILES string of the molecule is CCc1ccc(C(=CN(C)C)C(=O)c2ncc[nH]2)cc1. The molecule has 0 saturated carbocycles. The van der Waals surface area contributed by atoms with Crippen LogP contribution >= 0.6 is 0 Å². The lowest BCUT2D eigenvalue weighted by Gasteiger charge is -2.11. The highest BCUT2D eigenvalue weighted by molar-refractivity contribution is 6.27. The number of allylic oxidation sites excluding steroid dienone is 1. The van der Waals surface area contributed by atoms with Crippen LogP contribution in [0.1, 0.15) is 28.7 Å². The number of H-pyrrole nitrogens is 1. The Labute approximate surface area is 119 Å². The number of aryl methyl sites for hydroxylation is 1. The van der Waals surface area contributed by atoms with E-state index in [0.29, 0.717) is 11.4 Å². The van der Waals surface area contributed by atoms with Crippen LogP contribution in [0.3, 0.4) is 0 Å². The van der Waals surface area contributed by atoms with E-state index in [1.54, 1.807) is 12.4 Å². The molecule has 1 heterocycles. The second-order valence-electron chi connectivity index (χ2n) is 4.82. The molecule has 0 aliphatic heterocycles. The van der Waals surface area contributed by atoms with Gasteiger partial charge in [0, 0.05) is 38.3 Å². The zero-order valence-electron chi connectivity index (χ0n) is 12.1. The molecule has 1 aromatic carbocycles. The number of rotatable bonds is 5. The van der Waals surface area contributed by atoms with Crippen LogP contribution in [0.25, 0.3) is 5.57 Å². The summed E-state index contributed by atoms with van der Waals surface area (Å²) in [5.41, 5.74) is 2.79. The van der Waals surface area contributed by atoms with Gasteiger partial charge in [0.05, 0.1) is 0 Å². The summed E-state index contributed by atoms with van der Waals surface area (Å²) in [6, 6.07) is 8.06. The zero-order chi connectivity index (χ0) is 14.5. The van der Waals surface area contributed by atoms with E-state index in [9.17, 15) is 4.79 Å². The Morgan fingerprint density at radius 3 is 2.50 bits per heavy atom. The summed E-state index contributed by atoms with van der Waals surface area (Å²) in [5.74, 6) is 0.255. The molecule has 0 spiro atoms. The first-order valence-corrected chi connectivity index (χ1v) is 6.63. The zero-order valence-corrected chi connectivity index (χ0v) is 12.1. The quantitative estimate of drug-likeness (QED) is 0.670. The summed E-state index contributed by atoms with van der Waals surface area (Å²) in [5, 5.41) is 0. The number of carbonyl (C=O) groups excluding carboxylic acids is 1. The lowest BCUT2D eigenvalue weighted by molar-refractivity contribution is 0.104. The van der Waals surface area contributed by atoms with Gasteiger partial charge in [-0.05, 0) is 17.5 Å². The van der Waals surface area contributed by atoms with E-state index in [-0.39, 0.29) is 5.78 Å². The van der Waals surface area contributed by atoms with Crippen molar-refractivity contribution in [1.29, 1.82) is 0 Å². The second-order valence-corrected chi connectivity index (χ2v) is 4.82. The number of nitrogens with zero attached hydrogens (tertiary/aromatic N) is 2. The van der Waals surface area contributed by atoms with Gasteiger partial charge in [0.25, 0.3) is 0 Å². The van der Waals surface area contributed by atoms with E-state index in [4.69, 9.17) is 0 Å². The van der Waals surface area contributed by atoms with Crippen LogP contribution in [0, 0.1) is 0 Å². The first kappa shape index (κ1) is 14.1. The molecule has 2 rings (SSSR count). The summed E-state index contributed by atoms with van der Waals surface area (Å²) in [4.78, 5) is 21.3. The van der Waals surface area contributed by atoms with Crippen molar-refractivity contribution in [3.8, 4) is 0 Å². The minimum Gasteiger partial charge on any atom is -0.383 e. The third-order valence-electron chi connectivity index (χ3n) is 3.02. The average Bonchev–Trinajstić information content (AvgIpc) is 2.98. The molecule has 0 unspecified atom stereocenters. The average molecular weight is 269 g/mol. The highest BCUT2D eigenvalue weighted by atomic mass is 16.1. The first-order valence-electron chi connectivity index (χ1n) is 6.63. The number of aromatic nitrogens is 2. The molecular formula is C16H19N3O. The van der Waals surface area contributed by atoms with E-state index in [0.717, 1.165) is 12.0 Å². The summed E-state index contributed by atoms with van der Waals surface area (Å²) in [6.45, 7) is 2.11. The predicted octanol–water partition coefficient (Wildman–Crippen LogP) is 2.76. The molecule has 0 aliphatic rings. The summed E-state index contributed by atoms with van der Waals surface area (Å²) >= 11 is 0. The maximum Gasteiger partial charge on any atom is 0.230 e. The molecule has 0 fully saturated rings. The number of ketones is 1. The molecule has 4 nitrogen and oxygen atoms in total. The number of hydrogen-bond acceptors (Lipinski definition) is 3. The highest BCUT2D eigenvalue weighted by Gasteiger charge is 2.16. The van der Waals surface area contributed by atoms with Crippen molar-refractivity contribution in [3.63, 3.8) is 0 Å². The number of Topliss-reactive ketones (excluding diaryl/α,β-unsaturated/α-hetero) is 1. The maximum absolute atomic E-state index is 12.5. The fourth-order valence-corrected chi connectivity index (χ4v) is 1.96. The van der Waals surface area contributed by atoms with E-state index in [1.165, 1.54) is 5.56 Å². The summed E-state index contributed by atoms with van der Waals surface area (Å²) < 4.78 is 0. The summed E-state index contributed by atoms with van der Waals surface area (Å²) in [7, 11) is 3.80. The molecule has 20 heavy (non-hydrogen) atoms. The van der Waals surface area contributed by atoms with Crippen molar-refractivity contribution >= 4 is 11.4 Å². The minimum atomic E-state index is -0.104. The Balaban J connectivity index is 2.39. The van der Waals surface area contributed by atoms with Crippen molar-refractivity contribution in [2.24, 2.45) is 0 Å². The number of aromatic amines is 1. The molecule has 0 saturated heterocycles. The molecule has 0 atom stereocenters.